The van der Waals surface area contributed by atoms with Crippen LogP contribution >= 0.6 is 0 Å². The van der Waals surface area contributed by atoms with E-state index < -0.39 is 18.2 Å². The number of carbonyl (C=O) groups excluding carboxylic acids is 2. The minimum atomic E-state index is -0.946. The summed E-state index contributed by atoms with van der Waals surface area (Å²) in [5, 5.41) is 24.2. The number of alkyl carbamates (subject to hydrolysis) is 1. The Kier molecular flexibility index (Phi) is 8.22. The van der Waals surface area contributed by atoms with E-state index in [0.29, 0.717) is 17.8 Å². The van der Waals surface area contributed by atoms with Gasteiger partial charge in [-0.15, -0.1) is 0 Å². The molecule has 2 saturated heterocycles. The predicted molar refractivity (Wildman–Crippen MR) is 178 cm³/mol. The molecule has 48 heavy (non-hydrogen) atoms. The van der Waals surface area contributed by atoms with Gasteiger partial charge in [0.05, 0.1) is 24.7 Å². The number of amides is 2. The lowest BCUT2D eigenvalue weighted by atomic mass is 9.41. The molecular formula is C38H60N2O8. The summed E-state index contributed by atoms with van der Waals surface area (Å²) in [6, 6.07) is 0. The number of carbonyl (C=O) groups is 3. The van der Waals surface area contributed by atoms with Gasteiger partial charge in [0, 0.05) is 30.5 Å². The van der Waals surface area contributed by atoms with Crippen LogP contribution < -0.4 is 5.32 Å². The number of nitrogens with zero attached hydrogens (tertiary/aromatic N) is 1. The fourth-order valence-electron chi connectivity index (χ4n) is 13.5. The summed E-state index contributed by atoms with van der Waals surface area (Å²) in [6.07, 6.45) is 6.67. The summed E-state index contributed by atoms with van der Waals surface area (Å²) in [6.45, 7) is 17.5. The van der Waals surface area contributed by atoms with Gasteiger partial charge in [-0.2, -0.15) is 0 Å². The molecule has 7 rings (SSSR count). The molecule has 2 spiro atoms. The highest BCUT2D eigenvalue weighted by Crippen LogP contribution is 2.89. The second kappa shape index (κ2) is 11.5. The molecule has 10 nitrogen and oxygen atoms in total. The van der Waals surface area contributed by atoms with E-state index in [1.54, 1.807) is 4.90 Å². The van der Waals surface area contributed by atoms with Crippen LogP contribution in [0, 0.1) is 56.7 Å². The molecule has 0 radical (unpaired) electrons. The molecule has 0 aromatic carbocycles. The number of nitrogens with one attached hydrogen (secondary N) is 1. The Morgan fingerprint density at radius 3 is 2.33 bits per heavy atom. The van der Waals surface area contributed by atoms with Gasteiger partial charge in [0.25, 0.3) is 0 Å². The zero-order chi connectivity index (χ0) is 34.6. The Morgan fingerprint density at radius 1 is 1.00 bits per heavy atom. The summed E-state index contributed by atoms with van der Waals surface area (Å²) >= 11 is 0. The zero-order valence-electron chi connectivity index (χ0n) is 30.3. The van der Waals surface area contributed by atoms with Gasteiger partial charge in [0.2, 0.25) is 0 Å². The molecule has 2 aliphatic heterocycles. The van der Waals surface area contributed by atoms with E-state index in [9.17, 15) is 19.5 Å². The Hall–Kier alpha value is -2.07. The highest BCUT2D eigenvalue weighted by molar-refractivity contribution is 5.70. The van der Waals surface area contributed by atoms with Crippen molar-refractivity contribution < 1.29 is 38.8 Å². The third kappa shape index (κ3) is 4.65. The summed E-state index contributed by atoms with van der Waals surface area (Å²) < 4.78 is 19.1. The van der Waals surface area contributed by atoms with Crippen LogP contribution in [-0.4, -0.2) is 83.4 Å². The van der Waals surface area contributed by atoms with Gasteiger partial charge in [0.15, 0.2) is 0 Å². The maximum Gasteiger partial charge on any atom is 0.410 e. The summed E-state index contributed by atoms with van der Waals surface area (Å²) in [5.41, 5.74) is -0.175. The van der Waals surface area contributed by atoms with E-state index in [-0.39, 0.29) is 82.4 Å². The third-order valence-electron chi connectivity index (χ3n) is 16.0. The number of carboxylic acid groups (broad SMARTS) is 1. The van der Waals surface area contributed by atoms with Crippen molar-refractivity contribution in [2.45, 2.75) is 143 Å². The number of hydrogen-bond acceptors (Lipinski definition) is 7. The Bertz CT molecular complexity index is 1320. The molecule has 6 unspecified atom stereocenters. The Morgan fingerprint density at radius 2 is 1.69 bits per heavy atom. The number of fused-ring (bicyclic) bond motifs is 4. The van der Waals surface area contributed by atoms with Crippen LogP contribution in [0.5, 0.6) is 0 Å². The van der Waals surface area contributed by atoms with E-state index in [4.69, 9.17) is 19.3 Å². The van der Waals surface area contributed by atoms with Crippen molar-refractivity contribution >= 4 is 18.2 Å². The van der Waals surface area contributed by atoms with Crippen LogP contribution in [0.2, 0.25) is 0 Å². The average molecular weight is 673 g/mol. The second-order valence-electron chi connectivity index (χ2n) is 18.5. The fraction of sp³-hybridized carbons (Fsp3) is 0.921. The number of carboxylic acids is 1. The van der Waals surface area contributed by atoms with Crippen LogP contribution in [0.15, 0.2) is 0 Å². The van der Waals surface area contributed by atoms with E-state index in [0.717, 1.165) is 58.0 Å². The van der Waals surface area contributed by atoms with Crippen molar-refractivity contribution in [3.05, 3.63) is 0 Å². The molecule has 5 saturated carbocycles. The molecule has 0 bridgehead atoms. The molecule has 2 amide bonds. The molecule has 10 heteroatoms. The SMILES string of the molecule is CC(C)[C@@H](OC(=O)N1CCC1)C1C[C@@H](C)C2C(O1)[C@H](O)[C@@]1(C)C3CC[C@H]4C(C)(C)[C@@H](OC(=O)NCCC(=O)O)CCC45CC35CC[C@]21C. The topological polar surface area (TPSA) is 135 Å². The maximum atomic E-state index is 12.9. The van der Waals surface area contributed by atoms with Crippen LogP contribution in [0.25, 0.3) is 0 Å². The molecule has 0 aromatic rings. The smallest absolute Gasteiger partial charge is 0.410 e. The quantitative estimate of drug-likeness (QED) is 0.290. The van der Waals surface area contributed by atoms with Crippen LogP contribution in [-0.2, 0) is 19.0 Å². The van der Waals surface area contributed by atoms with Gasteiger partial charge >= 0.3 is 18.2 Å². The monoisotopic (exact) mass is 672 g/mol. The number of aliphatic hydroxyl groups is 1. The molecule has 13 atom stereocenters. The number of ether oxygens (including phenoxy) is 3. The molecular weight excluding hydrogens is 612 g/mol. The van der Waals surface area contributed by atoms with Gasteiger partial charge in [-0.05, 0) is 104 Å². The first-order chi connectivity index (χ1) is 22.5. The second-order valence-corrected chi connectivity index (χ2v) is 18.5. The maximum absolute atomic E-state index is 12.9. The highest BCUT2D eigenvalue weighted by Gasteiger charge is 2.84. The largest absolute Gasteiger partial charge is 0.481 e. The fourth-order valence-corrected chi connectivity index (χ4v) is 13.5. The van der Waals surface area contributed by atoms with Gasteiger partial charge < -0.3 is 34.6 Å². The van der Waals surface area contributed by atoms with E-state index >= 15 is 0 Å². The normalized spacial score (nSPS) is 47.2. The number of aliphatic carboxylic acids is 1. The summed E-state index contributed by atoms with van der Waals surface area (Å²) in [7, 11) is 0. The van der Waals surface area contributed by atoms with Crippen LogP contribution in [0.1, 0.15) is 113 Å². The molecule has 7 aliphatic rings. The van der Waals surface area contributed by atoms with Crippen molar-refractivity contribution in [3.63, 3.8) is 0 Å². The van der Waals surface area contributed by atoms with E-state index in [1.165, 1.54) is 12.8 Å². The molecule has 5 aliphatic carbocycles. The van der Waals surface area contributed by atoms with Gasteiger partial charge in [0.1, 0.15) is 12.2 Å². The van der Waals surface area contributed by atoms with Gasteiger partial charge in [-0.1, -0.05) is 48.5 Å². The number of hydrogen-bond donors (Lipinski definition) is 3. The molecule has 3 N–H and O–H groups in total. The first-order valence-corrected chi connectivity index (χ1v) is 19.0. The lowest BCUT2D eigenvalue weighted by Crippen LogP contribution is -2.60. The Balaban J connectivity index is 1.10. The lowest BCUT2D eigenvalue weighted by molar-refractivity contribution is -0.185. The molecule has 0 aromatic heterocycles. The Labute approximate surface area is 286 Å². The third-order valence-corrected chi connectivity index (χ3v) is 16.0. The van der Waals surface area contributed by atoms with Crippen molar-refractivity contribution in [1.29, 1.82) is 0 Å². The van der Waals surface area contributed by atoms with Crippen molar-refractivity contribution in [2.24, 2.45) is 56.7 Å². The molecule has 7 fully saturated rings. The molecule has 270 valence electrons. The summed E-state index contributed by atoms with van der Waals surface area (Å²) in [4.78, 5) is 38.2. The van der Waals surface area contributed by atoms with Crippen LogP contribution in [0.3, 0.4) is 0 Å². The van der Waals surface area contributed by atoms with Crippen molar-refractivity contribution in [3.8, 4) is 0 Å². The lowest BCUT2D eigenvalue weighted by Gasteiger charge is -2.63. The van der Waals surface area contributed by atoms with Crippen LogP contribution in [0.4, 0.5) is 9.59 Å². The van der Waals surface area contributed by atoms with Gasteiger partial charge in [-0.25, -0.2) is 9.59 Å². The number of likely N-dealkylation sites (tertiary alicyclic amines) is 1. The predicted octanol–water partition coefficient (Wildman–Crippen LogP) is 6.24. The van der Waals surface area contributed by atoms with Crippen molar-refractivity contribution in [2.75, 3.05) is 19.6 Å². The first kappa shape index (κ1) is 34.4. The highest BCUT2D eigenvalue weighted by atomic mass is 16.6. The van der Waals surface area contributed by atoms with E-state index in [2.05, 4.69) is 53.8 Å². The zero-order valence-corrected chi connectivity index (χ0v) is 30.3. The minimum absolute atomic E-state index is 0.0560. The van der Waals surface area contributed by atoms with Gasteiger partial charge in [-0.3, -0.25) is 4.79 Å². The standard InChI is InChI=1S/C38H60N2O8/c1-21(2)29(48-33(45)40-17-8-18-40)23-19-22(3)28-30(46-23)31(43)36(7)25-10-9-24-34(4,5)26(47-32(44)39-16-12-27(41)42)11-13-37(24)20-38(25,37)15-14-35(28,36)6/h21-26,28-31,43H,8-20H2,1-7H3,(H,39,44)(H,41,42)/t22-,23?,24+,25?,26+,28?,29-,30?,31+,35-,36-,37?,38?/m1/s1. The van der Waals surface area contributed by atoms with E-state index in [1.807, 2.05) is 0 Å². The summed E-state index contributed by atoms with van der Waals surface area (Å²) in [5.74, 6) is 0.571. The number of aliphatic hydroxyl groups excluding tert-OH is 1. The molecule has 2 heterocycles. The van der Waals surface area contributed by atoms with Crippen molar-refractivity contribution in [1.82, 2.24) is 10.2 Å². The average Bonchev–Trinajstić information content (AvgIpc) is 3.61. The number of rotatable bonds is 7. The first-order valence-electron chi connectivity index (χ1n) is 19.0. The minimum Gasteiger partial charge on any atom is -0.481 e.